The van der Waals surface area contributed by atoms with Crippen LogP contribution in [0.1, 0.15) is 19.4 Å². The average Bonchev–Trinajstić information content (AvgIpc) is 3.06. The van der Waals surface area contributed by atoms with Gasteiger partial charge in [-0.15, -0.1) is 0 Å². The summed E-state index contributed by atoms with van der Waals surface area (Å²) < 4.78 is 5.84. The van der Waals surface area contributed by atoms with Gasteiger partial charge in [-0.25, -0.2) is 0 Å². The first-order chi connectivity index (χ1) is 12.8. The Bertz CT molecular complexity index is 932. The number of rotatable bonds is 6. The molecule has 1 saturated carbocycles. The molecule has 1 N–H and O–H groups in total. The molecule has 0 amide bonds. The highest BCUT2D eigenvalue weighted by Crippen LogP contribution is 2.79. The monoisotopic (exact) mass is 381 g/mol. The van der Waals surface area contributed by atoms with Crippen LogP contribution in [0.2, 0.25) is 0 Å². The molecule has 4 nitrogen and oxygen atoms in total. The van der Waals surface area contributed by atoms with Crippen LogP contribution in [-0.2, 0) is 11.2 Å². The van der Waals surface area contributed by atoms with Gasteiger partial charge >= 0.3 is 5.97 Å². The van der Waals surface area contributed by atoms with Crippen LogP contribution in [0.5, 0.6) is 11.5 Å². The minimum Gasteiger partial charge on any atom is -0.481 e. The number of hydrogen-bond donors (Lipinski definition) is 1. The van der Waals surface area contributed by atoms with Crippen molar-refractivity contribution in [3.05, 3.63) is 71.8 Å². The molecule has 0 aromatic heterocycles. The normalized spacial score (nSPS) is 25.7. The molecule has 138 valence electrons. The van der Waals surface area contributed by atoms with E-state index in [2.05, 4.69) is 6.07 Å². The Kier molecular flexibility index (Phi) is 4.75. The van der Waals surface area contributed by atoms with Gasteiger partial charge in [0.25, 0.3) is 0 Å². The number of nitriles is 1. The zero-order valence-electron chi connectivity index (χ0n) is 15.1. The van der Waals surface area contributed by atoms with Gasteiger partial charge in [-0.2, -0.15) is 5.26 Å². The number of carboxylic acids is 1. The van der Waals surface area contributed by atoms with Gasteiger partial charge in [0.2, 0.25) is 0 Å². The lowest BCUT2D eigenvalue weighted by Gasteiger charge is -2.16. The molecule has 1 aliphatic rings. The van der Waals surface area contributed by atoms with Crippen LogP contribution in [0.4, 0.5) is 0 Å². The zero-order valence-corrected chi connectivity index (χ0v) is 15.9. The zero-order chi connectivity index (χ0) is 19.7. The lowest BCUT2D eigenvalue weighted by atomic mass is 9.86. The molecule has 0 spiro atoms. The van der Waals surface area contributed by atoms with E-state index >= 15 is 0 Å². The number of benzene rings is 2. The van der Waals surface area contributed by atoms with Crippen molar-refractivity contribution < 1.29 is 14.6 Å². The summed E-state index contributed by atoms with van der Waals surface area (Å²) in [6.07, 6.45) is 1.71. The molecule has 2 unspecified atom stereocenters. The Balaban J connectivity index is 1.95. The molecule has 3 rings (SSSR count). The molecular weight excluding hydrogens is 362 g/mol. The van der Waals surface area contributed by atoms with Gasteiger partial charge in [0.1, 0.15) is 16.9 Å². The smallest absolute Gasteiger partial charge is 0.312 e. The number of hydrogen-bond acceptors (Lipinski definition) is 3. The molecular formula is C22H20ClNO3. The first-order valence-electron chi connectivity index (χ1n) is 8.59. The summed E-state index contributed by atoms with van der Waals surface area (Å²) in [4.78, 5) is 12.3. The molecule has 0 saturated heterocycles. The molecule has 0 radical (unpaired) electrons. The molecule has 0 heterocycles. The van der Waals surface area contributed by atoms with Crippen molar-refractivity contribution in [2.75, 3.05) is 0 Å². The van der Waals surface area contributed by atoms with Gasteiger partial charge in [0.05, 0.1) is 11.5 Å². The maximum atomic E-state index is 12.3. The second-order valence-corrected chi connectivity index (χ2v) is 7.54. The van der Waals surface area contributed by atoms with Crippen molar-refractivity contribution in [1.82, 2.24) is 0 Å². The molecule has 2 aromatic rings. The molecule has 0 bridgehead atoms. The lowest BCUT2D eigenvalue weighted by Crippen LogP contribution is -2.26. The highest BCUT2D eigenvalue weighted by Gasteiger charge is 2.86. The molecule has 2 aromatic carbocycles. The van der Waals surface area contributed by atoms with E-state index in [1.807, 2.05) is 54.6 Å². The number of carbonyl (C=O) groups is 1. The molecule has 1 fully saturated rings. The second kappa shape index (κ2) is 6.75. The predicted molar refractivity (Wildman–Crippen MR) is 104 cm³/mol. The Morgan fingerprint density at radius 2 is 1.85 bits per heavy atom. The average molecular weight is 382 g/mol. The van der Waals surface area contributed by atoms with E-state index in [0.717, 1.165) is 5.56 Å². The Hall–Kier alpha value is -2.77. The largest absolute Gasteiger partial charge is 0.481 e. The SMILES string of the molecule is CC1(C)C(C#N)(C=CCl)C1(Cc1cccc(Oc2ccccc2)c1)C(=O)O. The number of allylic oxidation sites excluding steroid dienone is 1. The van der Waals surface area contributed by atoms with E-state index in [1.165, 1.54) is 11.6 Å². The van der Waals surface area contributed by atoms with Crippen molar-refractivity contribution >= 4 is 17.6 Å². The Morgan fingerprint density at radius 3 is 2.44 bits per heavy atom. The fourth-order valence-electron chi connectivity index (χ4n) is 4.24. The highest BCUT2D eigenvalue weighted by molar-refractivity contribution is 6.25. The standard InChI is InChI=1S/C22H20ClNO3/c1-20(2)21(15-24,11-12-23)22(20,19(25)26)14-16-7-6-10-18(13-16)27-17-8-4-3-5-9-17/h3-13H,14H2,1-2H3,(H,25,26). The van der Waals surface area contributed by atoms with E-state index in [4.69, 9.17) is 16.3 Å². The molecule has 0 aliphatic heterocycles. The third kappa shape index (κ3) is 2.70. The summed E-state index contributed by atoms with van der Waals surface area (Å²) in [6, 6.07) is 18.9. The first-order valence-corrected chi connectivity index (χ1v) is 9.03. The summed E-state index contributed by atoms with van der Waals surface area (Å²) in [5.41, 5.74) is -1.15. The summed E-state index contributed by atoms with van der Waals surface area (Å²) in [6.45, 7) is 3.59. The summed E-state index contributed by atoms with van der Waals surface area (Å²) in [5, 5.41) is 19.8. The third-order valence-electron chi connectivity index (χ3n) is 5.86. The van der Waals surface area contributed by atoms with E-state index < -0.39 is 22.2 Å². The van der Waals surface area contributed by atoms with Crippen LogP contribution in [-0.4, -0.2) is 11.1 Å². The van der Waals surface area contributed by atoms with Gasteiger partial charge in [-0.05, 0) is 36.2 Å². The maximum Gasteiger partial charge on any atom is 0.312 e. The van der Waals surface area contributed by atoms with Crippen molar-refractivity contribution in [3.63, 3.8) is 0 Å². The van der Waals surface area contributed by atoms with Crippen LogP contribution < -0.4 is 4.74 Å². The molecule has 27 heavy (non-hydrogen) atoms. The highest BCUT2D eigenvalue weighted by atomic mass is 35.5. The van der Waals surface area contributed by atoms with Gasteiger partial charge in [-0.3, -0.25) is 4.79 Å². The quantitative estimate of drug-likeness (QED) is 0.727. The lowest BCUT2D eigenvalue weighted by molar-refractivity contribution is -0.145. The third-order valence-corrected chi connectivity index (χ3v) is 5.99. The Morgan fingerprint density at radius 1 is 1.19 bits per heavy atom. The van der Waals surface area contributed by atoms with Crippen molar-refractivity contribution in [2.45, 2.75) is 20.3 Å². The van der Waals surface area contributed by atoms with Gasteiger partial charge in [-0.1, -0.05) is 61.9 Å². The maximum absolute atomic E-state index is 12.3. The van der Waals surface area contributed by atoms with Crippen molar-refractivity contribution in [2.24, 2.45) is 16.2 Å². The topological polar surface area (TPSA) is 70.3 Å². The van der Waals surface area contributed by atoms with Crippen molar-refractivity contribution in [3.8, 4) is 17.6 Å². The summed E-state index contributed by atoms with van der Waals surface area (Å²) in [5.74, 6) is 0.317. The second-order valence-electron chi connectivity index (χ2n) is 7.29. The fraction of sp³-hybridized carbons (Fsp3) is 0.273. The van der Waals surface area contributed by atoms with Gasteiger partial charge in [0, 0.05) is 11.0 Å². The van der Waals surface area contributed by atoms with Crippen LogP contribution in [0.3, 0.4) is 0 Å². The predicted octanol–water partition coefficient (Wildman–Crippen LogP) is 5.39. The number of halogens is 1. The fourth-order valence-corrected chi connectivity index (χ4v) is 4.43. The van der Waals surface area contributed by atoms with Crippen molar-refractivity contribution in [1.29, 1.82) is 5.26 Å². The Labute approximate surface area is 163 Å². The number of carboxylic acid groups (broad SMARTS) is 1. The molecule has 2 atom stereocenters. The summed E-state index contributed by atoms with van der Waals surface area (Å²) in [7, 11) is 0. The number of ether oxygens (including phenoxy) is 1. The van der Waals surface area contributed by atoms with Gasteiger partial charge < -0.3 is 9.84 Å². The van der Waals surface area contributed by atoms with Crippen LogP contribution in [0, 0.1) is 27.6 Å². The first kappa shape index (κ1) is 19.0. The van der Waals surface area contributed by atoms with E-state index in [1.54, 1.807) is 13.8 Å². The number of aliphatic carboxylic acids is 1. The molecule has 1 aliphatic carbocycles. The van der Waals surface area contributed by atoms with E-state index in [0.29, 0.717) is 11.5 Å². The minimum atomic E-state index is -1.26. The van der Waals surface area contributed by atoms with Crippen LogP contribution in [0.25, 0.3) is 0 Å². The van der Waals surface area contributed by atoms with Gasteiger partial charge in [0.15, 0.2) is 0 Å². The van der Waals surface area contributed by atoms with Crippen LogP contribution in [0.15, 0.2) is 66.2 Å². The van der Waals surface area contributed by atoms with Crippen LogP contribution >= 0.6 is 11.6 Å². The number of para-hydroxylation sites is 1. The minimum absolute atomic E-state index is 0.204. The molecule has 5 heteroatoms. The van der Waals surface area contributed by atoms with E-state index in [-0.39, 0.29) is 6.42 Å². The summed E-state index contributed by atoms with van der Waals surface area (Å²) >= 11 is 5.74. The number of nitrogens with zero attached hydrogens (tertiary/aromatic N) is 1. The van der Waals surface area contributed by atoms with E-state index in [9.17, 15) is 15.2 Å².